The standard InChI is InChI=1S/C46H36O2Si2/c1-7-19-41(20-8-1)49(42-21-9-2-10-22-42,43-23-11-3-12-24-43)47-39-33-31-37-32-34-40(36-38(37)35-39)48-50(44-25-13-4-14-26-44,45-27-15-5-16-28-45)46-29-17-6-18-30-46/h1-36H. The van der Waals surface area contributed by atoms with E-state index in [1.54, 1.807) is 0 Å². The maximum Gasteiger partial charge on any atom is 0.346 e. The molecule has 0 aliphatic heterocycles. The van der Waals surface area contributed by atoms with Crippen molar-refractivity contribution in [3.8, 4) is 11.5 Å². The number of hydrogen-bond acceptors (Lipinski definition) is 2. The van der Waals surface area contributed by atoms with Gasteiger partial charge in [-0.2, -0.15) is 0 Å². The minimum atomic E-state index is -2.96. The van der Waals surface area contributed by atoms with Crippen molar-refractivity contribution in [3.63, 3.8) is 0 Å². The molecule has 2 nitrogen and oxygen atoms in total. The highest BCUT2D eigenvalue weighted by Crippen LogP contribution is 2.28. The molecule has 0 aliphatic rings. The molecule has 0 spiro atoms. The highest BCUT2D eigenvalue weighted by molar-refractivity contribution is 7.08. The predicted octanol–water partition coefficient (Wildman–Crippen LogP) is 6.93. The molecule has 8 aromatic carbocycles. The van der Waals surface area contributed by atoms with Crippen molar-refractivity contribution >= 4 is 58.5 Å². The number of rotatable bonds is 10. The van der Waals surface area contributed by atoms with Gasteiger partial charge in [-0.15, -0.1) is 0 Å². The van der Waals surface area contributed by atoms with E-state index < -0.39 is 16.6 Å². The van der Waals surface area contributed by atoms with E-state index in [0.29, 0.717) is 0 Å². The second-order valence-corrected chi connectivity index (χ2v) is 19.0. The first-order chi connectivity index (χ1) is 24.8. The molecule has 0 saturated carbocycles. The van der Waals surface area contributed by atoms with Crippen LogP contribution in [0.4, 0.5) is 0 Å². The Bertz CT molecular complexity index is 1940. The quantitative estimate of drug-likeness (QED) is 0.116. The first-order valence-corrected chi connectivity index (χ1v) is 20.8. The Balaban J connectivity index is 1.27. The van der Waals surface area contributed by atoms with E-state index in [9.17, 15) is 0 Å². The van der Waals surface area contributed by atoms with Gasteiger partial charge in [0.25, 0.3) is 0 Å². The Kier molecular flexibility index (Phi) is 8.70. The van der Waals surface area contributed by atoms with E-state index in [1.807, 2.05) is 0 Å². The van der Waals surface area contributed by atoms with Gasteiger partial charge in [0.05, 0.1) is 0 Å². The molecule has 50 heavy (non-hydrogen) atoms. The lowest BCUT2D eigenvalue weighted by Gasteiger charge is -2.34. The number of fused-ring (bicyclic) bond motifs is 1. The van der Waals surface area contributed by atoms with E-state index in [2.05, 4.69) is 218 Å². The Morgan fingerprint density at radius 1 is 0.240 bits per heavy atom. The van der Waals surface area contributed by atoms with Crippen LogP contribution in [0.5, 0.6) is 11.5 Å². The molecule has 0 fully saturated rings. The monoisotopic (exact) mass is 676 g/mol. The van der Waals surface area contributed by atoms with Crippen molar-refractivity contribution in [1.29, 1.82) is 0 Å². The van der Waals surface area contributed by atoms with Crippen molar-refractivity contribution in [1.82, 2.24) is 0 Å². The average Bonchev–Trinajstić information content (AvgIpc) is 3.21. The Morgan fingerprint density at radius 2 is 0.480 bits per heavy atom. The molecule has 8 aromatic rings. The van der Waals surface area contributed by atoms with Crippen LogP contribution >= 0.6 is 0 Å². The fourth-order valence-corrected chi connectivity index (χ4v) is 14.7. The third-order valence-corrected chi connectivity index (χ3v) is 17.4. The molecule has 4 heteroatoms. The van der Waals surface area contributed by atoms with Crippen molar-refractivity contribution in [2.45, 2.75) is 0 Å². The molecule has 0 atom stereocenters. The van der Waals surface area contributed by atoms with E-state index in [0.717, 1.165) is 22.3 Å². The summed E-state index contributed by atoms with van der Waals surface area (Å²) in [4.78, 5) is 0. The van der Waals surface area contributed by atoms with Gasteiger partial charge in [0.1, 0.15) is 11.5 Å². The smallest absolute Gasteiger partial charge is 0.346 e. The van der Waals surface area contributed by atoms with Crippen LogP contribution in [0.3, 0.4) is 0 Å². The SMILES string of the molecule is c1ccc([Si](Oc2ccc3ccc(O[Si](c4ccccc4)(c4ccccc4)c4ccccc4)cc3c2)(c2ccccc2)c2ccccc2)cc1. The lowest BCUT2D eigenvalue weighted by atomic mass is 10.1. The lowest BCUT2D eigenvalue weighted by Crippen LogP contribution is -2.71. The number of hydrogen-bond donors (Lipinski definition) is 0. The van der Waals surface area contributed by atoms with Gasteiger partial charge in [0.15, 0.2) is 0 Å². The first kappa shape index (κ1) is 31.3. The van der Waals surface area contributed by atoms with Crippen molar-refractivity contribution in [3.05, 3.63) is 218 Å². The zero-order chi connectivity index (χ0) is 33.6. The molecule has 0 saturated heterocycles. The summed E-state index contributed by atoms with van der Waals surface area (Å²) in [6, 6.07) is 77.1. The second-order valence-electron chi connectivity index (χ2n) is 12.4. The molecule has 8 rings (SSSR count). The summed E-state index contributed by atoms with van der Waals surface area (Å²) in [5.41, 5.74) is 0. The molecule has 0 aromatic heterocycles. The van der Waals surface area contributed by atoms with E-state index >= 15 is 0 Å². The Labute approximate surface area is 296 Å². The van der Waals surface area contributed by atoms with Crippen LogP contribution in [-0.4, -0.2) is 16.6 Å². The summed E-state index contributed by atoms with van der Waals surface area (Å²) in [6.07, 6.45) is 0. The molecule has 0 aliphatic carbocycles. The molecule has 0 bridgehead atoms. The molecular weight excluding hydrogens is 641 g/mol. The lowest BCUT2D eigenvalue weighted by molar-refractivity contribution is 0.576. The maximum atomic E-state index is 7.42. The number of benzene rings is 8. The minimum Gasteiger partial charge on any atom is -0.530 e. The van der Waals surface area contributed by atoms with Gasteiger partial charge in [0.2, 0.25) is 0 Å². The Morgan fingerprint density at radius 3 is 0.720 bits per heavy atom. The normalized spacial score (nSPS) is 11.6. The van der Waals surface area contributed by atoms with Gasteiger partial charge in [-0.05, 0) is 66.2 Å². The van der Waals surface area contributed by atoms with Gasteiger partial charge < -0.3 is 8.85 Å². The van der Waals surface area contributed by atoms with Crippen LogP contribution in [-0.2, 0) is 0 Å². The van der Waals surface area contributed by atoms with Crippen LogP contribution in [0, 0.1) is 0 Å². The average molecular weight is 677 g/mol. The zero-order valence-corrected chi connectivity index (χ0v) is 29.6. The van der Waals surface area contributed by atoms with Crippen molar-refractivity contribution in [2.24, 2.45) is 0 Å². The summed E-state index contributed by atoms with van der Waals surface area (Å²) in [5, 5.41) is 9.35. The maximum absolute atomic E-state index is 7.42. The molecule has 240 valence electrons. The van der Waals surface area contributed by atoms with Crippen LogP contribution < -0.4 is 40.0 Å². The molecule has 0 heterocycles. The molecule has 0 amide bonds. The van der Waals surface area contributed by atoms with Crippen molar-refractivity contribution < 1.29 is 8.85 Å². The largest absolute Gasteiger partial charge is 0.530 e. The van der Waals surface area contributed by atoms with Gasteiger partial charge in [-0.1, -0.05) is 194 Å². The summed E-state index contributed by atoms with van der Waals surface area (Å²) in [6.45, 7) is 0. The summed E-state index contributed by atoms with van der Waals surface area (Å²) < 4.78 is 14.8. The summed E-state index contributed by atoms with van der Waals surface area (Å²) in [7, 11) is -5.92. The fourth-order valence-electron chi connectivity index (χ4n) is 7.07. The minimum absolute atomic E-state index is 0.829. The van der Waals surface area contributed by atoms with Crippen LogP contribution in [0.1, 0.15) is 0 Å². The topological polar surface area (TPSA) is 18.5 Å². The highest BCUT2D eigenvalue weighted by Gasteiger charge is 2.45. The van der Waals surface area contributed by atoms with Gasteiger partial charge in [-0.25, -0.2) is 0 Å². The van der Waals surface area contributed by atoms with Crippen LogP contribution in [0.2, 0.25) is 0 Å². The first-order valence-electron chi connectivity index (χ1n) is 17.0. The van der Waals surface area contributed by atoms with E-state index in [4.69, 9.17) is 8.85 Å². The van der Waals surface area contributed by atoms with E-state index in [1.165, 1.54) is 31.1 Å². The van der Waals surface area contributed by atoms with Gasteiger partial charge >= 0.3 is 16.6 Å². The molecular formula is C46H36O2Si2. The molecule has 0 unspecified atom stereocenters. The molecule has 0 radical (unpaired) electrons. The molecule has 0 N–H and O–H groups in total. The summed E-state index contributed by atoms with van der Waals surface area (Å²) >= 11 is 0. The van der Waals surface area contributed by atoms with E-state index in [-0.39, 0.29) is 0 Å². The van der Waals surface area contributed by atoms with Gasteiger partial charge in [-0.3, -0.25) is 0 Å². The second kappa shape index (κ2) is 13.9. The predicted molar refractivity (Wildman–Crippen MR) is 213 cm³/mol. The third kappa shape index (κ3) is 5.85. The van der Waals surface area contributed by atoms with Crippen LogP contribution in [0.15, 0.2) is 218 Å². The summed E-state index contributed by atoms with van der Waals surface area (Å²) in [5.74, 6) is 1.66. The third-order valence-electron chi connectivity index (χ3n) is 9.41. The zero-order valence-electron chi connectivity index (χ0n) is 27.6. The van der Waals surface area contributed by atoms with Gasteiger partial charge in [0, 0.05) is 0 Å². The van der Waals surface area contributed by atoms with Crippen molar-refractivity contribution in [2.75, 3.05) is 0 Å². The van der Waals surface area contributed by atoms with Crippen LogP contribution in [0.25, 0.3) is 10.8 Å². The Hall–Kier alpha value is -5.95. The highest BCUT2D eigenvalue weighted by atomic mass is 28.4. The fraction of sp³-hybridized carbons (Fsp3) is 0.